The molecule has 1 fully saturated rings. The minimum Gasteiger partial charge on any atom is -0.468 e. The van der Waals surface area contributed by atoms with Crippen LogP contribution in [0, 0.1) is 12.3 Å². The van der Waals surface area contributed by atoms with Gasteiger partial charge in [0.1, 0.15) is 24.0 Å². The van der Waals surface area contributed by atoms with Crippen molar-refractivity contribution in [2.45, 2.75) is 37.1 Å². The van der Waals surface area contributed by atoms with Gasteiger partial charge in [0.2, 0.25) is 11.6 Å². The Hall–Kier alpha value is -3.80. The third-order valence-corrected chi connectivity index (χ3v) is 7.69. The van der Waals surface area contributed by atoms with Crippen molar-refractivity contribution >= 4 is 36.6 Å². The van der Waals surface area contributed by atoms with Gasteiger partial charge in [0.15, 0.2) is 23.2 Å². The second kappa shape index (κ2) is 11.4. The van der Waals surface area contributed by atoms with Crippen LogP contribution in [0.5, 0.6) is 5.75 Å². The molecule has 1 saturated heterocycles. The SMILES string of the molecule is C#C[C@@]1(F)[C@H](O)[C@@H](CO[P@@](=O)(N[C@H](C)C(=O)OC)Oc2ccccc2)O[C@H]1n1cnc2c(N(C)C)nc(N)nc21. The predicted octanol–water partition coefficient (Wildman–Crippen LogP) is 1.43. The first-order chi connectivity index (χ1) is 18.9. The molecule has 0 saturated carbocycles. The number of halogens is 1. The molecule has 0 aliphatic carbocycles. The van der Waals surface area contributed by atoms with Gasteiger partial charge in [-0.3, -0.25) is 13.9 Å². The number of ether oxygens (including phenoxy) is 2. The van der Waals surface area contributed by atoms with Gasteiger partial charge in [-0.25, -0.2) is 13.9 Å². The molecule has 40 heavy (non-hydrogen) atoms. The molecule has 1 aromatic carbocycles. The lowest BCUT2D eigenvalue weighted by molar-refractivity contribution is -0.142. The number of nitrogen functional groups attached to an aromatic ring is 1. The zero-order valence-corrected chi connectivity index (χ0v) is 23.0. The number of hydrogen-bond donors (Lipinski definition) is 3. The van der Waals surface area contributed by atoms with Crippen LogP contribution >= 0.6 is 7.75 Å². The van der Waals surface area contributed by atoms with Crippen molar-refractivity contribution in [3.05, 3.63) is 36.7 Å². The number of aliphatic hydroxyl groups is 1. The Bertz CT molecular complexity index is 1470. The number of alkyl halides is 1. The highest BCUT2D eigenvalue weighted by Gasteiger charge is 2.58. The normalized spacial score (nSPS) is 24.7. The van der Waals surface area contributed by atoms with Crippen molar-refractivity contribution in [1.29, 1.82) is 0 Å². The lowest BCUT2D eigenvalue weighted by Crippen LogP contribution is -2.42. The van der Waals surface area contributed by atoms with E-state index < -0.39 is 50.5 Å². The number of para-hydroxylation sites is 1. The van der Waals surface area contributed by atoms with Crippen molar-refractivity contribution in [2.24, 2.45) is 0 Å². The summed E-state index contributed by atoms with van der Waals surface area (Å²) >= 11 is 0. The van der Waals surface area contributed by atoms with Gasteiger partial charge in [-0.1, -0.05) is 24.1 Å². The summed E-state index contributed by atoms with van der Waals surface area (Å²) in [6, 6.07) is 6.91. The average Bonchev–Trinajstić information content (AvgIpc) is 3.45. The van der Waals surface area contributed by atoms with Crippen LogP contribution in [0.4, 0.5) is 16.2 Å². The zero-order chi connectivity index (χ0) is 29.2. The zero-order valence-electron chi connectivity index (χ0n) is 22.1. The molecule has 2 aromatic heterocycles. The number of esters is 1. The molecule has 0 unspecified atom stereocenters. The number of nitrogens with one attached hydrogen (secondary N) is 1. The Balaban J connectivity index is 1.62. The molecule has 16 heteroatoms. The number of anilines is 2. The first-order valence-electron chi connectivity index (χ1n) is 11.9. The van der Waals surface area contributed by atoms with Crippen LogP contribution in [-0.2, 0) is 23.4 Å². The number of imidazole rings is 1. The van der Waals surface area contributed by atoms with Crippen molar-refractivity contribution in [2.75, 3.05) is 38.4 Å². The molecule has 14 nitrogen and oxygen atoms in total. The lowest BCUT2D eigenvalue weighted by atomic mass is 9.97. The number of carbonyl (C=O) groups excluding carboxylic acids is 1. The van der Waals surface area contributed by atoms with Crippen molar-refractivity contribution < 1.29 is 37.4 Å². The molecule has 3 heterocycles. The van der Waals surface area contributed by atoms with E-state index in [0.29, 0.717) is 5.82 Å². The number of benzene rings is 1. The van der Waals surface area contributed by atoms with Gasteiger partial charge in [0.25, 0.3) is 0 Å². The van der Waals surface area contributed by atoms with E-state index in [2.05, 4.69) is 24.8 Å². The van der Waals surface area contributed by atoms with E-state index in [0.717, 1.165) is 7.11 Å². The van der Waals surface area contributed by atoms with E-state index in [9.17, 15) is 14.5 Å². The quantitative estimate of drug-likeness (QED) is 0.179. The number of aromatic nitrogens is 4. The fraction of sp³-hybridized carbons (Fsp3) is 0.417. The van der Waals surface area contributed by atoms with E-state index in [1.807, 2.05) is 5.92 Å². The van der Waals surface area contributed by atoms with Gasteiger partial charge in [0, 0.05) is 14.1 Å². The van der Waals surface area contributed by atoms with Crippen LogP contribution in [0.3, 0.4) is 0 Å². The maximum absolute atomic E-state index is 16.2. The molecular formula is C24H29FN7O7P. The Kier molecular flexibility index (Phi) is 8.29. The summed E-state index contributed by atoms with van der Waals surface area (Å²) in [6.07, 6.45) is 1.77. The van der Waals surface area contributed by atoms with Crippen molar-refractivity contribution in [3.8, 4) is 18.1 Å². The van der Waals surface area contributed by atoms with Crippen LogP contribution in [0.1, 0.15) is 13.2 Å². The van der Waals surface area contributed by atoms with E-state index >= 15 is 4.39 Å². The average molecular weight is 578 g/mol. The van der Waals surface area contributed by atoms with Crippen LogP contribution in [-0.4, -0.2) is 82.3 Å². The minimum absolute atomic E-state index is 0.105. The van der Waals surface area contributed by atoms with E-state index in [1.54, 1.807) is 37.2 Å². The number of hydrogen-bond acceptors (Lipinski definition) is 12. The molecule has 214 valence electrons. The number of nitrogens with two attached hydrogens (primary N) is 1. The molecule has 3 aromatic rings. The van der Waals surface area contributed by atoms with Crippen molar-refractivity contribution in [1.82, 2.24) is 24.6 Å². The third kappa shape index (κ3) is 5.58. The largest absolute Gasteiger partial charge is 0.468 e. The third-order valence-electron chi connectivity index (χ3n) is 6.05. The first-order valence-corrected chi connectivity index (χ1v) is 13.5. The van der Waals surface area contributed by atoms with Gasteiger partial charge in [-0.2, -0.15) is 15.1 Å². The van der Waals surface area contributed by atoms with Gasteiger partial charge in [0.05, 0.1) is 20.0 Å². The summed E-state index contributed by atoms with van der Waals surface area (Å²) < 4.78 is 52.5. The number of methoxy groups -OCH3 is 1. The maximum atomic E-state index is 16.2. The summed E-state index contributed by atoms with van der Waals surface area (Å²) in [5.74, 6) is 1.64. The lowest BCUT2D eigenvalue weighted by Gasteiger charge is -2.24. The fourth-order valence-electron chi connectivity index (χ4n) is 4.06. The first kappa shape index (κ1) is 29.2. The molecule has 0 spiro atoms. The highest BCUT2D eigenvalue weighted by atomic mass is 31.2. The van der Waals surface area contributed by atoms with Crippen LogP contribution in [0.2, 0.25) is 0 Å². The molecular weight excluding hydrogens is 548 g/mol. The highest BCUT2D eigenvalue weighted by Crippen LogP contribution is 2.48. The molecule has 1 aliphatic heterocycles. The summed E-state index contributed by atoms with van der Waals surface area (Å²) in [5, 5.41) is 13.4. The second-order valence-electron chi connectivity index (χ2n) is 9.08. The Morgan fingerprint density at radius 2 is 2.10 bits per heavy atom. The molecule has 1 aliphatic rings. The number of rotatable bonds is 10. The Labute approximate surface area is 229 Å². The number of aliphatic hydroxyl groups excluding tert-OH is 1. The smallest absolute Gasteiger partial charge is 0.459 e. The minimum atomic E-state index is -4.31. The standard InChI is InChI=1S/C24H29FN7O7P/c1-6-24(25)18(33)16(38-22(24)32-13-27-17-19(31(3)4)28-23(26)29-20(17)32)12-37-40(35,30-14(2)21(34)36-5)39-15-10-8-7-9-11-15/h1,7-11,13-14,16,18,22,33H,12H2,2-5H3,(H,30,35)(H2,26,28,29)/t14-,16-,18-,22-,24-,40+/m1/s1. The maximum Gasteiger partial charge on any atom is 0.459 e. The number of terminal acetylenes is 1. The number of fused-ring (bicyclic) bond motifs is 1. The Morgan fingerprint density at radius 1 is 1.40 bits per heavy atom. The van der Waals surface area contributed by atoms with Crippen LogP contribution in [0.25, 0.3) is 11.2 Å². The summed E-state index contributed by atoms with van der Waals surface area (Å²) in [7, 11) is 0.281. The number of nitrogens with zero attached hydrogens (tertiary/aromatic N) is 5. The predicted molar refractivity (Wildman–Crippen MR) is 142 cm³/mol. The van der Waals surface area contributed by atoms with Crippen molar-refractivity contribution in [3.63, 3.8) is 0 Å². The van der Waals surface area contributed by atoms with Gasteiger partial charge in [-0.15, -0.1) is 6.42 Å². The molecule has 6 atom stereocenters. The summed E-state index contributed by atoms with van der Waals surface area (Å²) in [4.78, 5) is 26.2. The fourth-order valence-corrected chi connectivity index (χ4v) is 5.56. The van der Waals surface area contributed by atoms with E-state index in [-0.39, 0.29) is 22.9 Å². The van der Waals surface area contributed by atoms with E-state index in [4.69, 9.17) is 25.9 Å². The van der Waals surface area contributed by atoms with Crippen LogP contribution < -0.4 is 20.2 Å². The second-order valence-corrected chi connectivity index (χ2v) is 10.8. The molecule has 0 radical (unpaired) electrons. The highest BCUT2D eigenvalue weighted by molar-refractivity contribution is 7.52. The molecule has 0 amide bonds. The van der Waals surface area contributed by atoms with Gasteiger partial charge < -0.3 is 29.7 Å². The Morgan fingerprint density at radius 3 is 2.73 bits per heavy atom. The topological polar surface area (TPSA) is 176 Å². The molecule has 4 rings (SSSR count). The number of carbonyl (C=O) groups is 1. The van der Waals surface area contributed by atoms with E-state index in [1.165, 1.54) is 30.0 Å². The van der Waals surface area contributed by atoms with Gasteiger partial charge >= 0.3 is 13.7 Å². The van der Waals surface area contributed by atoms with Crippen LogP contribution in [0.15, 0.2) is 36.7 Å². The summed E-state index contributed by atoms with van der Waals surface area (Å²) in [5.41, 5.74) is 3.47. The molecule has 4 N–H and O–H groups in total. The molecule has 0 bridgehead atoms. The monoisotopic (exact) mass is 577 g/mol. The summed E-state index contributed by atoms with van der Waals surface area (Å²) in [6.45, 7) is 0.737. The van der Waals surface area contributed by atoms with Gasteiger partial charge in [-0.05, 0) is 19.1 Å².